The molecule has 0 saturated carbocycles. The number of benzene rings is 1. The molecule has 0 bridgehead atoms. The predicted molar refractivity (Wildman–Crippen MR) is 75.9 cm³/mol. The number of piperidine rings is 1. The van der Waals surface area contributed by atoms with E-state index in [1.165, 1.54) is 18.6 Å². The second-order valence-electron chi connectivity index (χ2n) is 5.28. The number of hydrogen-bond donors (Lipinski definition) is 1. The number of hydrogen-bond acceptors (Lipinski definition) is 3. The number of anilines is 1. The highest BCUT2D eigenvalue weighted by Crippen LogP contribution is 2.19. The quantitative estimate of drug-likeness (QED) is 0.886. The van der Waals surface area contributed by atoms with Gasteiger partial charge in [-0.05, 0) is 37.1 Å². The van der Waals surface area contributed by atoms with Crippen molar-refractivity contribution >= 4 is 5.69 Å². The highest BCUT2D eigenvalue weighted by Gasteiger charge is 2.25. The van der Waals surface area contributed by atoms with Crippen molar-refractivity contribution in [1.82, 2.24) is 4.90 Å². The Kier molecular flexibility index (Phi) is 5.16. The molecule has 2 rings (SSSR count). The van der Waals surface area contributed by atoms with Gasteiger partial charge in [-0.15, -0.1) is 0 Å². The van der Waals surface area contributed by atoms with E-state index in [1.807, 2.05) is 6.07 Å². The predicted octanol–water partition coefficient (Wildman–Crippen LogP) is 2.59. The van der Waals surface area contributed by atoms with E-state index in [0.29, 0.717) is 12.0 Å². The Bertz CT molecular complexity index is 399. The lowest BCUT2D eigenvalue weighted by Gasteiger charge is -2.36. The van der Waals surface area contributed by atoms with Gasteiger partial charge in [-0.3, -0.25) is 4.90 Å². The van der Waals surface area contributed by atoms with E-state index < -0.39 is 0 Å². The maximum absolute atomic E-state index is 13.0. The number of halogens is 1. The second-order valence-corrected chi connectivity index (χ2v) is 5.28. The molecule has 1 aliphatic heterocycles. The average molecular weight is 266 g/mol. The first-order chi connectivity index (χ1) is 9.19. The topological polar surface area (TPSA) is 24.5 Å². The third-order valence-corrected chi connectivity index (χ3v) is 3.86. The minimum atomic E-state index is -0.198. The molecule has 1 N–H and O–H groups in total. The molecule has 3 nitrogen and oxygen atoms in total. The van der Waals surface area contributed by atoms with Gasteiger partial charge in [0.25, 0.3) is 0 Å². The van der Waals surface area contributed by atoms with Crippen molar-refractivity contribution in [3.63, 3.8) is 0 Å². The number of rotatable bonds is 5. The van der Waals surface area contributed by atoms with Crippen LogP contribution in [0.2, 0.25) is 0 Å². The molecule has 1 aromatic rings. The molecule has 0 aromatic heterocycles. The Morgan fingerprint density at radius 3 is 3.05 bits per heavy atom. The van der Waals surface area contributed by atoms with E-state index in [9.17, 15) is 4.39 Å². The van der Waals surface area contributed by atoms with Gasteiger partial charge in [-0.2, -0.15) is 0 Å². The van der Waals surface area contributed by atoms with Gasteiger partial charge in [-0.25, -0.2) is 4.39 Å². The number of methoxy groups -OCH3 is 1. The van der Waals surface area contributed by atoms with Gasteiger partial charge < -0.3 is 10.1 Å². The Morgan fingerprint density at radius 1 is 1.47 bits per heavy atom. The minimum Gasteiger partial charge on any atom is -0.384 e. The lowest BCUT2D eigenvalue weighted by molar-refractivity contribution is -0.00357. The molecular formula is C15H23FN2O. The molecule has 1 heterocycles. The van der Waals surface area contributed by atoms with Crippen molar-refractivity contribution in [3.05, 3.63) is 30.1 Å². The molecule has 0 aliphatic carbocycles. The van der Waals surface area contributed by atoms with Crippen molar-refractivity contribution in [2.24, 2.45) is 5.92 Å². The molecule has 1 aliphatic rings. The fourth-order valence-corrected chi connectivity index (χ4v) is 2.56. The third-order valence-electron chi connectivity index (χ3n) is 3.86. The Labute approximate surface area is 114 Å². The van der Waals surface area contributed by atoms with E-state index in [2.05, 4.69) is 17.1 Å². The van der Waals surface area contributed by atoms with Crippen LogP contribution in [0.3, 0.4) is 0 Å². The molecule has 0 radical (unpaired) electrons. The van der Waals surface area contributed by atoms with Crippen LogP contribution in [0.15, 0.2) is 24.3 Å². The lowest BCUT2D eigenvalue weighted by Crippen LogP contribution is -2.45. The molecule has 2 atom stereocenters. The van der Waals surface area contributed by atoms with Gasteiger partial charge in [0.2, 0.25) is 0 Å². The summed E-state index contributed by atoms with van der Waals surface area (Å²) >= 11 is 0. The summed E-state index contributed by atoms with van der Waals surface area (Å²) in [6.07, 6.45) is 1.52. The molecule has 1 saturated heterocycles. The fourth-order valence-electron chi connectivity index (χ4n) is 2.56. The molecule has 19 heavy (non-hydrogen) atoms. The maximum atomic E-state index is 13.0. The van der Waals surface area contributed by atoms with Crippen LogP contribution in [0, 0.1) is 11.7 Å². The average Bonchev–Trinajstić information content (AvgIpc) is 2.41. The second kappa shape index (κ2) is 6.87. The normalized spacial score (nSPS) is 24.4. The standard InChI is InChI=1S/C15H23FN2O/c1-12-6-8-18(11-15(12)19-2)9-7-17-14-5-3-4-13(16)10-14/h3-5,10,12,15,17H,6-9,11H2,1-2H3. The van der Waals surface area contributed by atoms with Crippen LogP contribution in [0.5, 0.6) is 0 Å². The van der Waals surface area contributed by atoms with Gasteiger partial charge in [-0.1, -0.05) is 13.0 Å². The molecule has 106 valence electrons. The van der Waals surface area contributed by atoms with E-state index in [1.54, 1.807) is 13.2 Å². The smallest absolute Gasteiger partial charge is 0.125 e. The van der Waals surface area contributed by atoms with Gasteiger partial charge in [0.15, 0.2) is 0 Å². The Hall–Kier alpha value is -1.13. The van der Waals surface area contributed by atoms with Crippen LogP contribution in [-0.4, -0.2) is 44.3 Å². The summed E-state index contributed by atoms with van der Waals surface area (Å²) in [5, 5.41) is 3.25. The first-order valence-corrected chi connectivity index (χ1v) is 6.93. The maximum Gasteiger partial charge on any atom is 0.125 e. The van der Waals surface area contributed by atoms with Crippen LogP contribution in [0.4, 0.5) is 10.1 Å². The van der Waals surface area contributed by atoms with Gasteiger partial charge in [0.05, 0.1) is 6.10 Å². The summed E-state index contributed by atoms with van der Waals surface area (Å²) in [7, 11) is 1.79. The largest absolute Gasteiger partial charge is 0.384 e. The molecular weight excluding hydrogens is 243 g/mol. The minimum absolute atomic E-state index is 0.198. The zero-order chi connectivity index (χ0) is 13.7. The first-order valence-electron chi connectivity index (χ1n) is 6.93. The highest BCUT2D eigenvalue weighted by atomic mass is 19.1. The van der Waals surface area contributed by atoms with Crippen LogP contribution >= 0.6 is 0 Å². The molecule has 4 heteroatoms. The molecule has 1 aromatic carbocycles. The van der Waals surface area contributed by atoms with Crippen LogP contribution < -0.4 is 5.32 Å². The molecule has 0 amide bonds. The Balaban J connectivity index is 1.74. The van der Waals surface area contributed by atoms with Crippen molar-refractivity contribution in [3.8, 4) is 0 Å². The van der Waals surface area contributed by atoms with Gasteiger partial charge in [0.1, 0.15) is 5.82 Å². The van der Waals surface area contributed by atoms with Crippen molar-refractivity contribution in [2.75, 3.05) is 38.6 Å². The first kappa shape index (κ1) is 14.3. The van der Waals surface area contributed by atoms with E-state index >= 15 is 0 Å². The Morgan fingerprint density at radius 2 is 2.32 bits per heavy atom. The summed E-state index contributed by atoms with van der Waals surface area (Å²) in [5.41, 5.74) is 0.841. The van der Waals surface area contributed by atoms with Crippen molar-refractivity contribution < 1.29 is 9.13 Å². The van der Waals surface area contributed by atoms with Gasteiger partial charge in [0, 0.05) is 32.4 Å². The highest BCUT2D eigenvalue weighted by molar-refractivity contribution is 5.42. The van der Waals surface area contributed by atoms with E-state index in [-0.39, 0.29) is 5.82 Å². The summed E-state index contributed by atoms with van der Waals surface area (Å²) in [6, 6.07) is 6.59. The zero-order valence-corrected chi connectivity index (χ0v) is 11.7. The van der Waals surface area contributed by atoms with E-state index in [4.69, 9.17) is 4.74 Å². The summed E-state index contributed by atoms with van der Waals surface area (Å²) < 4.78 is 18.5. The van der Waals surface area contributed by atoms with Gasteiger partial charge >= 0.3 is 0 Å². The van der Waals surface area contributed by atoms with Crippen LogP contribution in [0.25, 0.3) is 0 Å². The lowest BCUT2D eigenvalue weighted by atomic mass is 9.96. The summed E-state index contributed by atoms with van der Waals surface area (Å²) in [5.74, 6) is 0.439. The summed E-state index contributed by atoms with van der Waals surface area (Å²) in [6.45, 7) is 6.14. The van der Waals surface area contributed by atoms with Crippen LogP contribution in [0.1, 0.15) is 13.3 Å². The fraction of sp³-hybridized carbons (Fsp3) is 0.600. The number of likely N-dealkylation sites (tertiary alicyclic amines) is 1. The number of nitrogens with zero attached hydrogens (tertiary/aromatic N) is 1. The SMILES string of the molecule is COC1CN(CCNc2cccc(F)c2)CCC1C. The third kappa shape index (κ3) is 4.18. The summed E-state index contributed by atoms with van der Waals surface area (Å²) in [4.78, 5) is 2.40. The van der Waals surface area contributed by atoms with E-state index in [0.717, 1.165) is 31.9 Å². The zero-order valence-electron chi connectivity index (χ0n) is 11.7. The number of nitrogens with one attached hydrogen (secondary N) is 1. The van der Waals surface area contributed by atoms with Crippen molar-refractivity contribution in [1.29, 1.82) is 0 Å². The molecule has 2 unspecified atom stereocenters. The number of ether oxygens (including phenoxy) is 1. The molecule has 1 fully saturated rings. The molecule has 0 spiro atoms. The van der Waals surface area contributed by atoms with Crippen LogP contribution in [-0.2, 0) is 4.74 Å². The monoisotopic (exact) mass is 266 g/mol. The van der Waals surface area contributed by atoms with Crippen molar-refractivity contribution in [2.45, 2.75) is 19.4 Å².